The van der Waals surface area contributed by atoms with Gasteiger partial charge in [-0.2, -0.15) is 5.10 Å². The molecular formula is C7H9N3O3. The molecule has 0 radical (unpaired) electrons. The smallest absolute Gasteiger partial charge is 0.397 e. The van der Waals surface area contributed by atoms with E-state index in [0.717, 1.165) is 0 Å². The molecule has 0 fully saturated rings. The third-order valence-corrected chi connectivity index (χ3v) is 1.22. The molecule has 2 N–H and O–H groups in total. The largest absolute Gasteiger partial charge is 0.459 e. The van der Waals surface area contributed by atoms with E-state index in [9.17, 15) is 9.59 Å². The molecule has 1 amide bonds. The van der Waals surface area contributed by atoms with Crippen molar-refractivity contribution in [2.45, 2.75) is 6.92 Å². The average molecular weight is 183 g/mol. The van der Waals surface area contributed by atoms with E-state index in [2.05, 4.69) is 20.3 Å². The Morgan fingerprint density at radius 2 is 2.46 bits per heavy atom. The molecule has 6 heteroatoms. The summed E-state index contributed by atoms with van der Waals surface area (Å²) in [6, 6.07) is 0. The van der Waals surface area contributed by atoms with E-state index in [1.54, 1.807) is 6.92 Å². The van der Waals surface area contributed by atoms with Crippen molar-refractivity contribution in [1.82, 2.24) is 10.2 Å². The van der Waals surface area contributed by atoms with E-state index < -0.39 is 11.9 Å². The summed E-state index contributed by atoms with van der Waals surface area (Å²) in [4.78, 5) is 21.8. The van der Waals surface area contributed by atoms with Crippen LogP contribution in [0.5, 0.6) is 0 Å². The van der Waals surface area contributed by atoms with Gasteiger partial charge in [0.15, 0.2) is 0 Å². The van der Waals surface area contributed by atoms with Gasteiger partial charge in [-0.05, 0) is 6.92 Å². The molecule has 0 aromatic carbocycles. The summed E-state index contributed by atoms with van der Waals surface area (Å²) in [5.74, 6) is -1.70. The Kier molecular flexibility index (Phi) is 3.02. The number of amides is 1. The molecule has 0 saturated carbocycles. The van der Waals surface area contributed by atoms with E-state index in [1.165, 1.54) is 12.4 Å². The third kappa shape index (κ3) is 2.58. The van der Waals surface area contributed by atoms with Crippen LogP contribution in [0.2, 0.25) is 0 Å². The first kappa shape index (κ1) is 9.24. The number of H-pyrrole nitrogens is 1. The number of nitrogens with one attached hydrogen (secondary N) is 2. The van der Waals surface area contributed by atoms with Gasteiger partial charge in [-0.1, -0.05) is 0 Å². The molecule has 13 heavy (non-hydrogen) atoms. The maximum Gasteiger partial charge on any atom is 0.397 e. The van der Waals surface area contributed by atoms with E-state index >= 15 is 0 Å². The lowest BCUT2D eigenvalue weighted by Crippen LogP contribution is -2.24. The number of hydrogen-bond donors (Lipinski definition) is 2. The number of aromatic nitrogens is 2. The summed E-state index contributed by atoms with van der Waals surface area (Å²) in [7, 11) is 0. The maximum absolute atomic E-state index is 11.0. The maximum atomic E-state index is 11.0. The monoisotopic (exact) mass is 183 g/mol. The SMILES string of the molecule is CCOC(=O)C(=O)Nc1cn[nH]c1. The highest BCUT2D eigenvalue weighted by molar-refractivity contribution is 6.37. The normalized spacial score (nSPS) is 9.31. The number of nitrogens with zero attached hydrogens (tertiary/aromatic N) is 1. The van der Waals surface area contributed by atoms with Crippen LogP contribution in [0.1, 0.15) is 6.92 Å². The molecule has 0 aliphatic heterocycles. The molecular weight excluding hydrogens is 174 g/mol. The summed E-state index contributed by atoms with van der Waals surface area (Å²) in [6.07, 6.45) is 2.84. The Hall–Kier alpha value is -1.85. The van der Waals surface area contributed by atoms with Gasteiger partial charge >= 0.3 is 11.9 Å². The minimum Gasteiger partial charge on any atom is -0.459 e. The number of ether oxygens (including phenoxy) is 1. The van der Waals surface area contributed by atoms with Gasteiger partial charge in [0.1, 0.15) is 0 Å². The molecule has 1 rings (SSSR count). The van der Waals surface area contributed by atoms with Crippen molar-refractivity contribution in [2.75, 3.05) is 11.9 Å². The quantitative estimate of drug-likeness (QED) is 0.495. The number of esters is 1. The zero-order chi connectivity index (χ0) is 9.68. The predicted molar refractivity (Wildman–Crippen MR) is 43.9 cm³/mol. The topological polar surface area (TPSA) is 84.1 Å². The summed E-state index contributed by atoms with van der Waals surface area (Å²) in [5, 5.41) is 8.38. The molecule has 0 spiro atoms. The Morgan fingerprint density at radius 1 is 1.69 bits per heavy atom. The van der Waals surface area contributed by atoms with Crippen molar-refractivity contribution in [3.05, 3.63) is 12.4 Å². The molecule has 70 valence electrons. The van der Waals surface area contributed by atoms with Crippen LogP contribution in [0.3, 0.4) is 0 Å². The fourth-order valence-electron chi connectivity index (χ4n) is 0.698. The summed E-state index contributed by atoms with van der Waals surface area (Å²) in [5.41, 5.74) is 0.429. The van der Waals surface area contributed by atoms with E-state index in [1.807, 2.05) is 0 Å². The zero-order valence-corrected chi connectivity index (χ0v) is 7.03. The van der Waals surface area contributed by atoms with Crippen molar-refractivity contribution < 1.29 is 14.3 Å². The molecule has 0 aliphatic rings. The second kappa shape index (κ2) is 4.24. The molecule has 0 atom stereocenters. The molecule has 1 heterocycles. The zero-order valence-electron chi connectivity index (χ0n) is 7.03. The van der Waals surface area contributed by atoms with Crippen LogP contribution in [-0.4, -0.2) is 28.7 Å². The minimum atomic E-state index is -0.899. The Morgan fingerprint density at radius 3 is 3.00 bits per heavy atom. The van der Waals surface area contributed by atoms with Gasteiger partial charge in [0.25, 0.3) is 0 Å². The molecule has 6 nitrogen and oxygen atoms in total. The van der Waals surface area contributed by atoms with Gasteiger partial charge in [0.05, 0.1) is 18.5 Å². The van der Waals surface area contributed by atoms with Crippen molar-refractivity contribution in [3.63, 3.8) is 0 Å². The molecule has 1 aromatic rings. The molecule has 0 bridgehead atoms. The van der Waals surface area contributed by atoms with Crippen molar-refractivity contribution in [1.29, 1.82) is 0 Å². The molecule has 0 saturated heterocycles. The molecule has 0 aliphatic carbocycles. The number of hydrogen-bond acceptors (Lipinski definition) is 4. The van der Waals surface area contributed by atoms with E-state index in [4.69, 9.17) is 0 Å². The van der Waals surface area contributed by atoms with Gasteiger partial charge in [0, 0.05) is 6.20 Å². The summed E-state index contributed by atoms with van der Waals surface area (Å²) < 4.78 is 4.47. The summed E-state index contributed by atoms with van der Waals surface area (Å²) >= 11 is 0. The first-order valence-electron chi connectivity index (χ1n) is 3.71. The van der Waals surface area contributed by atoms with Crippen LogP contribution in [0.4, 0.5) is 5.69 Å². The lowest BCUT2D eigenvalue weighted by Gasteiger charge is -2.00. The highest BCUT2D eigenvalue weighted by Gasteiger charge is 2.14. The fraction of sp³-hybridized carbons (Fsp3) is 0.286. The lowest BCUT2D eigenvalue weighted by atomic mass is 10.5. The number of rotatable bonds is 2. The van der Waals surface area contributed by atoms with Gasteiger partial charge < -0.3 is 10.1 Å². The summed E-state index contributed by atoms with van der Waals surface area (Å²) in [6.45, 7) is 1.81. The number of carbonyl (C=O) groups is 2. The number of carbonyl (C=O) groups excluding carboxylic acids is 2. The van der Waals surface area contributed by atoms with E-state index in [-0.39, 0.29) is 6.61 Å². The number of anilines is 1. The third-order valence-electron chi connectivity index (χ3n) is 1.22. The van der Waals surface area contributed by atoms with Crippen LogP contribution in [0.25, 0.3) is 0 Å². The van der Waals surface area contributed by atoms with Crippen molar-refractivity contribution in [2.24, 2.45) is 0 Å². The Bertz CT molecular complexity index is 294. The highest BCUT2D eigenvalue weighted by atomic mass is 16.5. The molecule has 0 unspecified atom stereocenters. The van der Waals surface area contributed by atoms with Crippen LogP contribution >= 0.6 is 0 Å². The first-order chi connectivity index (χ1) is 6.24. The second-order valence-electron chi connectivity index (χ2n) is 2.16. The van der Waals surface area contributed by atoms with E-state index in [0.29, 0.717) is 5.69 Å². The fourth-order valence-corrected chi connectivity index (χ4v) is 0.698. The van der Waals surface area contributed by atoms with Gasteiger partial charge in [-0.15, -0.1) is 0 Å². The predicted octanol–water partition coefficient (Wildman–Crippen LogP) is -0.0887. The van der Waals surface area contributed by atoms with Crippen LogP contribution in [-0.2, 0) is 14.3 Å². The van der Waals surface area contributed by atoms with Crippen LogP contribution < -0.4 is 5.32 Å². The lowest BCUT2D eigenvalue weighted by molar-refractivity contribution is -0.152. The number of aromatic amines is 1. The van der Waals surface area contributed by atoms with Crippen molar-refractivity contribution in [3.8, 4) is 0 Å². The van der Waals surface area contributed by atoms with Crippen LogP contribution in [0.15, 0.2) is 12.4 Å². The molecule has 1 aromatic heterocycles. The Balaban J connectivity index is 2.46. The standard InChI is InChI=1S/C7H9N3O3/c1-2-13-7(12)6(11)10-5-3-8-9-4-5/h3-4H,2H2,1H3,(H,8,9)(H,10,11). The average Bonchev–Trinajstić information content (AvgIpc) is 2.57. The first-order valence-corrected chi connectivity index (χ1v) is 3.71. The van der Waals surface area contributed by atoms with Crippen LogP contribution in [0, 0.1) is 0 Å². The highest BCUT2D eigenvalue weighted by Crippen LogP contribution is 2.00. The second-order valence-corrected chi connectivity index (χ2v) is 2.16. The van der Waals surface area contributed by atoms with Gasteiger partial charge in [-0.25, -0.2) is 4.79 Å². The van der Waals surface area contributed by atoms with Crippen molar-refractivity contribution >= 4 is 17.6 Å². The minimum absolute atomic E-state index is 0.178. The van der Waals surface area contributed by atoms with Gasteiger partial charge in [-0.3, -0.25) is 9.89 Å². The Labute approximate surface area is 74.3 Å². The van der Waals surface area contributed by atoms with Gasteiger partial charge in [0.2, 0.25) is 0 Å².